The summed E-state index contributed by atoms with van der Waals surface area (Å²) in [5.74, 6) is 0. The molecule has 0 spiro atoms. The van der Waals surface area contributed by atoms with E-state index in [-0.39, 0.29) is 0 Å². The lowest BCUT2D eigenvalue weighted by Gasteiger charge is -2.20. The van der Waals surface area contributed by atoms with Gasteiger partial charge in [-0.05, 0) is 55.8 Å². The van der Waals surface area contributed by atoms with Gasteiger partial charge < -0.3 is 0 Å². The summed E-state index contributed by atoms with van der Waals surface area (Å²) in [4.78, 5) is 0. The molecule has 0 aliphatic carbocycles. The standard InChI is InChI=1S/C14H4B5Br5/c15-5-3(12(22)14(24)13(23)7(5)17)1-2-4-10(20)8(18)6(16)9(19)11(4)21/h1-2H2. The fourth-order valence-electron chi connectivity index (χ4n) is 2.26. The molecule has 10 radical (unpaired) electrons. The zero-order valence-electron chi connectivity index (χ0n) is 12.2. The van der Waals surface area contributed by atoms with Crippen LogP contribution in [-0.2, 0) is 12.8 Å². The van der Waals surface area contributed by atoms with E-state index in [0.717, 1.165) is 33.5 Å². The lowest BCUT2D eigenvalue weighted by molar-refractivity contribution is 0.952. The van der Waals surface area contributed by atoms with Crippen LogP contribution in [0.1, 0.15) is 11.1 Å². The lowest BCUT2D eigenvalue weighted by atomic mass is 9.71. The van der Waals surface area contributed by atoms with Crippen LogP contribution in [-0.4, -0.2) is 39.2 Å². The smallest absolute Gasteiger partial charge is 0.108 e. The van der Waals surface area contributed by atoms with E-state index in [0.29, 0.717) is 40.2 Å². The zero-order chi connectivity index (χ0) is 18.3. The van der Waals surface area contributed by atoms with Crippen LogP contribution in [0.4, 0.5) is 0 Å². The Labute approximate surface area is 190 Å². The van der Waals surface area contributed by atoms with Crippen LogP contribution in [0.15, 0.2) is 22.4 Å². The summed E-state index contributed by atoms with van der Waals surface area (Å²) in [6.07, 6.45) is 1.26. The summed E-state index contributed by atoms with van der Waals surface area (Å²) in [5.41, 5.74) is 4.05. The second-order valence-electron chi connectivity index (χ2n) is 5.10. The molecule has 0 atom stereocenters. The summed E-state index contributed by atoms with van der Waals surface area (Å²) in [5, 5.41) is 0. The van der Waals surface area contributed by atoms with E-state index >= 15 is 0 Å². The highest BCUT2D eigenvalue weighted by Crippen LogP contribution is 2.32. The Morgan fingerprint density at radius 1 is 0.417 bits per heavy atom. The molecule has 0 aliphatic heterocycles. The van der Waals surface area contributed by atoms with Gasteiger partial charge in [0.25, 0.3) is 0 Å². The van der Waals surface area contributed by atoms with E-state index in [4.69, 9.17) is 39.2 Å². The van der Waals surface area contributed by atoms with Crippen molar-refractivity contribution in [2.45, 2.75) is 12.8 Å². The quantitative estimate of drug-likeness (QED) is 0.356. The Bertz CT molecular complexity index is 710. The summed E-state index contributed by atoms with van der Waals surface area (Å²) in [6, 6.07) is 0. The van der Waals surface area contributed by atoms with E-state index in [2.05, 4.69) is 79.6 Å². The number of hydrogen-bond donors (Lipinski definition) is 0. The van der Waals surface area contributed by atoms with Gasteiger partial charge in [-0.3, -0.25) is 0 Å². The minimum atomic E-state index is 0.355. The fourth-order valence-corrected chi connectivity index (χ4v) is 5.49. The summed E-state index contributed by atoms with van der Waals surface area (Å²) in [6.45, 7) is 0. The Morgan fingerprint density at radius 3 is 1.33 bits per heavy atom. The molecule has 0 bridgehead atoms. The Balaban J connectivity index is 2.48. The molecule has 2 aromatic rings. The van der Waals surface area contributed by atoms with Gasteiger partial charge in [0, 0.05) is 22.4 Å². The predicted molar refractivity (Wildman–Crippen MR) is 126 cm³/mol. The first-order chi connectivity index (χ1) is 11.1. The highest BCUT2D eigenvalue weighted by molar-refractivity contribution is 9.14. The van der Waals surface area contributed by atoms with Crippen LogP contribution in [0.25, 0.3) is 0 Å². The fraction of sp³-hybridized carbons (Fsp3) is 0.143. The third-order valence-electron chi connectivity index (χ3n) is 3.71. The molecule has 0 fully saturated rings. The van der Waals surface area contributed by atoms with Gasteiger partial charge in [-0.2, -0.15) is 0 Å². The number of hydrogen-bond acceptors (Lipinski definition) is 0. The highest BCUT2D eigenvalue weighted by atomic mass is 79.9. The van der Waals surface area contributed by atoms with Crippen LogP contribution in [0.3, 0.4) is 0 Å². The van der Waals surface area contributed by atoms with E-state index in [1.807, 2.05) is 0 Å². The summed E-state index contributed by atoms with van der Waals surface area (Å²) in [7, 11) is 30.1. The average molecular weight is 626 g/mol. The maximum Gasteiger partial charge on any atom is 0.114 e. The van der Waals surface area contributed by atoms with Gasteiger partial charge in [0.2, 0.25) is 0 Å². The highest BCUT2D eigenvalue weighted by Gasteiger charge is 2.17. The topological polar surface area (TPSA) is 0 Å². The van der Waals surface area contributed by atoms with Crippen molar-refractivity contribution in [2.75, 3.05) is 0 Å². The molecule has 2 aromatic carbocycles. The third-order valence-corrected chi connectivity index (χ3v) is 9.08. The minimum Gasteiger partial charge on any atom is -0.108 e. The van der Waals surface area contributed by atoms with Crippen LogP contribution in [0.5, 0.6) is 0 Å². The van der Waals surface area contributed by atoms with Crippen molar-refractivity contribution in [3.63, 3.8) is 0 Å². The van der Waals surface area contributed by atoms with Crippen molar-refractivity contribution in [3.05, 3.63) is 33.5 Å². The molecular formula is C14H4B5Br5. The monoisotopic (exact) mass is 622 g/mol. The van der Waals surface area contributed by atoms with Crippen LogP contribution in [0.2, 0.25) is 0 Å². The molecule has 110 valence electrons. The molecule has 0 aromatic heterocycles. The van der Waals surface area contributed by atoms with E-state index in [1.165, 1.54) is 0 Å². The van der Waals surface area contributed by atoms with Crippen molar-refractivity contribution in [1.82, 2.24) is 0 Å². The molecule has 0 saturated carbocycles. The van der Waals surface area contributed by atoms with Gasteiger partial charge in [0.15, 0.2) is 0 Å². The first kappa shape index (κ1) is 21.5. The van der Waals surface area contributed by atoms with E-state index in [9.17, 15) is 0 Å². The molecule has 24 heavy (non-hydrogen) atoms. The molecule has 0 N–H and O–H groups in total. The minimum absolute atomic E-state index is 0.355. The first-order valence-electron chi connectivity index (χ1n) is 6.60. The van der Waals surface area contributed by atoms with Gasteiger partial charge in [-0.1, -0.05) is 69.6 Å². The Hall–Kier alpha value is 1.16. The lowest BCUT2D eigenvalue weighted by Crippen LogP contribution is -2.41. The van der Waals surface area contributed by atoms with Crippen molar-refractivity contribution < 1.29 is 0 Å². The molecule has 0 nitrogen and oxygen atoms in total. The molecule has 2 rings (SSSR count). The number of rotatable bonds is 3. The van der Waals surface area contributed by atoms with Gasteiger partial charge >= 0.3 is 0 Å². The molecule has 0 saturated heterocycles. The molecule has 0 unspecified atom stereocenters. The third kappa shape index (κ3) is 3.88. The van der Waals surface area contributed by atoms with Crippen molar-refractivity contribution in [1.29, 1.82) is 0 Å². The van der Waals surface area contributed by atoms with Crippen molar-refractivity contribution >= 4 is 146 Å². The maximum atomic E-state index is 6.18. The SMILES string of the molecule is [B]c1c([B])c(Br)c(CCc2c([B])c([B])c(Br)c(Br)c2Br)c(Br)c1[B]. The second kappa shape index (κ2) is 8.45. The Kier molecular flexibility index (Phi) is 7.56. The first-order valence-corrected chi connectivity index (χ1v) is 10.6. The van der Waals surface area contributed by atoms with Crippen LogP contribution in [0, 0.1) is 0 Å². The molecule has 0 heterocycles. The summed E-state index contributed by atoms with van der Waals surface area (Å²) >= 11 is 17.5. The summed E-state index contributed by atoms with van der Waals surface area (Å²) < 4.78 is 3.84. The molecule has 0 amide bonds. The van der Waals surface area contributed by atoms with Gasteiger partial charge in [-0.15, -0.1) is 5.46 Å². The number of benzene rings is 2. The van der Waals surface area contributed by atoms with Crippen molar-refractivity contribution in [2.24, 2.45) is 0 Å². The van der Waals surface area contributed by atoms with Gasteiger partial charge in [0.05, 0.1) is 0 Å². The molecule has 0 aliphatic rings. The van der Waals surface area contributed by atoms with E-state index in [1.54, 1.807) is 0 Å². The van der Waals surface area contributed by atoms with Crippen LogP contribution < -0.4 is 27.3 Å². The largest absolute Gasteiger partial charge is 0.114 e. The second-order valence-corrected chi connectivity index (χ2v) is 9.06. The van der Waals surface area contributed by atoms with Gasteiger partial charge in [-0.25, -0.2) is 0 Å². The van der Waals surface area contributed by atoms with Crippen molar-refractivity contribution in [3.8, 4) is 0 Å². The maximum absolute atomic E-state index is 6.18. The normalized spacial score (nSPS) is 11.0. The molecule has 10 heteroatoms. The number of halogens is 5. The van der Waals surface area contributed by atoms with Crippen LogP contribution >= 0.6 is 79.6 Å². The Morgan fingerprint density at radius 2 is 0.833 bits per heavy atom. The van der Waals surface area contributed by atoms with Gasteiger partial charge in [0.1, 0.15) is 39.2 Å². The average Bonchev–Trinajstić information content (AvgIpc) is 2.57. The zero-order valence-corrected chi connectivity index (χ0v) is 20.1. The van der Waals surface area contributed by atoms with E-state index < -0.39 is 0 Å². The predicted octanol–water partition coefficient (Wildman–Crippen LogP) is 1.25. The molecular weight excluding hydrogens is 622 g/mol.